The molecule has 0 atom stereocenters. The Bertz CT molecular complexity index is 253. The van der Waals surface area contributed by atoms with E-state index in [0.717, 1.165) is 5.56 Å². The molecule has 1 rings (SSSR count). The average Bonchev–Trinajstić information content (AvgIpc) is 2.07. The van der Waals surface area contributed by atoms with E-state index in [0.29, 0.717) is 23.0 Å². The zero-order valence-electron chi connectivity index (χ0n) is 5.74. The van der Waals surface area contributed by atoms with Gasteiger partial charge in [-0.3, -0.25) is 4.79 Å². The van der Waals surface area contributed by atoms with Gasteiger partial charge in [-0.2, -0.15) is 0 Å². The van der Waals surface area contributed by atoms with Gasteiger partial charge in [0.05, 0.1) is 0 Å². The van der Waals surface area contributed by atoms with E-state index in [1.54, 1.807) is 30.6 Å². The first-order chi connectivity index (χ1) is 5.36. The van der Waals surface area contributed by atoms with E-state index in [1.807, 2.05) is 0 Å². The Morgan fingerprint density at radius 2 is 1.91 bits per heavy atom. The molecule has 0 heterocycles. The van der Waals surface area contributed by atoms with Crippen molar-refractivity contribution in [1.29, 1.82) is 0 Å². The Morgan fingerprint density at radius 3 is 2.36 bits per heavy atom. The van der Waals surface area contributed by atoms with E-state index in [1.165, 1.54) is 0 Å². The molecule has 0 saturated heterocycles. The van der Waals surface area contributed by atoms with Crippen LogP contribution in [0.25, 0.3) is 0 Å². The first kappa shape index (κ1) is 8.01. The third-order valence-corrected chi connectivity index (χ3v) is 1.75. The lowest BCUT2D eigenvalue weighted by molar-refractivity contribution is 0.563. The minimum absolute atomic E-state index is 0.444. The summed E-state index contributed by atoms with van der Waals surface area (Å²) in [5.74, 6) is 0.444. The van der Waals surface area contributed by atoms with Crippen molar-refractivity contribution in [2.24, 2.45) is 0 Å². The summed E-state index contributed by atoms with van der Waals surface area (Å²) in [5.41, 5.74) is 1.45. The van der Waals surface area contributed by atoms with Gasteiger partial charge in [0.1, 0.15) is 0 Å². The largest absolute Gasteiger partial charge is 0.463 e. The van der Waals surface area contributed by atoms with Gasteiger partial charge in [-0.1, -0.05) is 24.3 Å². The van der Waals surface area contributed by atoms with Gasteiger partial charge < -0.3 is 0 Å². The minimum atomic E-state index is 0.444. The van der Waals surface area contributed by atoms with Crippen LogP contribution in [0.2, 0.25) is 0 Å². The van der Waals surface area contributed by atoms with Gasteiger partial charge in [-0.15, -0.1) is 0 Å². The highest BCUT2D eigenvalue weighted by Gasteiger charge is 2.00. The Balaban J connectivity index is 2.81. The fourth-order valence-electron chi connectivity index (χ4n) is 0.737. The molecule has 0 amide bonds. The second kappa shape index (κ2) is 3.93. The van der Waals surface area contributed by atoms with Crippen LogP contribution in [0, 0.1) is 0 Å². The van der Waals surface area contributed by atoms with Gasteiger partial charge in [0, 0.05) is 15.3 Å². The third kappa shape index (κ3) is 2.20. The summed E-state index contributed by atoms with van der Waals surface area (Å²) in [6, 6.07) is 6.81. The van der Waals surface area contributed by atoms with Crippen LogP contribution in [0.3, 0.4) is 0 Å². The molecule has 0 aliphatic carbocycles. The molecule has 55 valence electrons. The second-order valence-corrected chi connectivity index (χ2v) is 2.59. The van der Waals surface area contributed by atoms with Crippen LogP contribution >= 0.6 is 0 Å². The number of benzene rings is 1. The normalized spacial score (nSPS) is 9.09. The summed E-state index contributed by atoms with van der Waals surface area (Å²) in [4.78, 5) is 10.1. The molecule has 3 heteroatoms. The molecular formula is C8H6O2S+. The van der Waals surface area contributed by atoms with Crippen LogP contribution in [0.1, 0.15) is 11.1 Å². The maximum atomic E-state index is 10.1. The highest BCUT2D eigenvalue weighted by molar-refractivity contribution is 7.64. The average molecular weight is 166 g/mol. The van der Waals surface area contributed by atoms with Crippen LogP contribution in [0.4, 0.5) is 0 Å². The van der Waals surface area contributed by atoms with E-state index in [9.17, 15) is 9.00 Å². The molecule has 0 aliphatic heterocycles. The molecular weight excluding hydrogens is 160 g/mol. The first-order valence-electron chi connectivity index (χ1n) is 3.08. The molecule has 2 nitrogen and oxygen atoms in total. The Morgan fingerprint density at radius 1 is 1.27 bits per heavy atom. The van der Waals surface area contributed by atoms with Crippen molar-refractivity contribution in [1.82, 2.24) is 0 Å². The quantitative estimate of drug-likeness (QED) is 0.629. The molecule has 1 radical (unpaired) electrons. The fraction of sp³-hybridized carbons (Fsp3) is 0.125. The second-order valence-electron chi connectivity index (χ2n) is 2.06. The van der Waals surface area contributed by atoms with Crippen molar-refractivity contribution >= 4 is 18.0 Å². The van der Waals surface area contributed by atoms with E-state index in [2.05, 4.69) is 0 Å². The van der Waals surface area contributed by atoms with Crippen molar-refractivity contribution in [3.8, 4) is 0 Å². The van der Waals surface area contributed by atoms with Gasteiger partial charge in [0.15, 0.2) is 0 Å². The van der Waals surface area contributed by atoms with Crippen molar-refractivity contribution in [2.75, 3.05) is 0 Å². The van der Waals surface area contributed by atoms with Gasteiger partial charge in [-0.05, 0) is 0 Å². The van der Waals surface area contributed by atoms with Crippen molar-refractivity contribution in [3.63, 3.8) is 0 Å². The van der Waals surface area contributed by atoms with Gasteiger partial charge in [0.25, 0.3) is 5.75 Å². The molecule has 11 heavy (non-hydrogen) atoms. The van der Waals surface area contributed by atoms with Crippen LogP contribution < -0.4 is 0 Å². The summed E-state index contributed by atoms with van der Waals surface area (Å²) in [5, 5.41) is 0. The van der Waals surface area contributed by atoms with Crippen LogP contribution in [-0.2, 0) is 26.4 Å². The van der Waals surface area contributed by atoms with Gasteiger partial charge >= 0.3 is 11.7 Å². The molecule has 0 N–H and O–H groups in total. The molecule has 1 aromatic carbocycles. The predicted molar refractivity (Wildman–Crippen MR) is 43.0 cm³/mol. The summed E-state index contributed by atoms with van der Waals surface area (Å²) >= 11 is 0.520. The molecule has 0 aromatic heterocycles. The summed E-state index contributed by atoms with van der Waals surface area (Å²) < 4.78 is 10.1. The maximum Gasteiger partial charge on any atom is 0.463 e. The van der Waals surface area contributed by atoms with Crippen molar-refractivity contribution in [3.05, 3.63) is 35.4 Å². The predicted octanol–water partition coefficient (Wildman–Crippen LogP) is 1.07. The molecule has 0 unspecified atom stereocenters. The lowest BCUT2D eigenvalue weighted by Crippen LogP contribution is -1.83. The maximum absolute atomic E-state index is 10.1. The zero-order chi connectivity index (χ0) is 8.10. The minimum Gasteiger partial charge on any atom is -0.285 e. The van der Waals surface area contributed by atoms with Crippen molar-refractivity contribution < 1.29 is 9.00 Å². The highest BCUT2D eigenvalue weighted by Crippen LogP contribution is 2.02. The van der Waals surface area contributed by atoms with Crippen molar-refractivity contribution in [2.45, 2.75) is 5.75 Å². The summed E-state index contributed by atoms with van der Waals surface area (Å²) in [6.45, 7) is 0. The highest BCUT2D eigenvalue weighted by atomic mass is 32.1. The van der Waals surface area contributed by atoms with Crippen LogP contribution in [0.5, 0.6) is 0 Å². The van der Waals surface area contributed by atoms with Gasteiger partial charge in [0.2, 0.25) is 6.29 Å². The number of hydrogen-bond acceptors (Lipinski definition) is 2. The molecule has 0 bridgehead atoms. The lowest BCUT2D eigenvalue weighted by atomic mass is 10.2. The van der Waals surface area contributed by atoms with E-state index >= 15 is 0 Å². The first-order valence-corrected chi connectivity index (χ1v) is 4.00. The molecule has 0 spiro atoms. The molecule has 0 fully saturated rings. The summed E-state index contributed by atoms with van der Waals surface area (Å²) in [7, 11) is 0. The SMILES string of the molecule is O=[C]c1ccc(C[S+]=O)cc1. The zero-order valence-corrected chi connectivity index (χ0v) is 6.56. The summed E-state index contributed by atoms with van der Waals surface area (Å²) in [6.07, 6.45) is 1.76. The molecule has 0 aliphatic rings. The number of hydrogen-bond donors (Lipinski definition) is 0. The van der Waals surface area contributed by atoms with E-state index in [4.69, 9.17) is 0 Å². The number of rotatable bonds is 3. The monoisotopic (exact) mass is 166 g/mol. The smallest absolute Gasteiger partial charge is 0.285 e. The molecule has 0 saturated carbocycles. The Labute approximate surface area is 68.7 Å². The Kier molecular flexibility index (Phi) is 2.86. The standard InChI is InChI=1S/C8H6O2S/c9-5-7-1-3-8(4-2-7)6-11-10/h1-4H,6H2/q+1. The third-order valence-electron chi connectivity index (χ3n) is 1.30. The van der Waals surface area contributed by atoms with E-state index in [-0.39, 0.29) is 0 Å². The Hall–Kier alpha value is -1.09. The van der Waals surface area contributed by atoms with E-state index < -0.39 is 0 Å². The topological polar surface area (TPSA) is 34.1 Å². The van der Waals surface area contributed by atoms with Crippen LogP contribution in [0.15, 0.2) is 24.3 Å². The lowest BCUT2D eigenvalue weighted by Gasteiger charge is -1.88. The van der Waals surface area contributed by atoms with Crippen LogP contribution in [-0.4, -0.2) is 6.29 Å². The molecule has 1 aromatic rings. The number of carbonyl (C=O) groups excluding carboxylic acids is 1. The van der Waals surface area contributed by atoms with Gasteiger partial charge in [-0.25, -0.2) is 0 Å². The fourth-order valence-corrected chi connectivity index (χ4v) is 1.07.